The van der Waals surface area contributed by atoms with E-state index < -0.39 is 0 Å². The first-order valence-corrected chi connectivity index (χ1v) is 8.20. The lowest BCUT2D eigenvalue weighted by Crippen LogP contribution is -2.51. The number of hydrogen-bond acceptors (Lipinski definition) is 4. The van der Waals surface area contributed by atoms with Gasteiger partial charge in [-0.1, -0.05) is 12.1 Å². The van der Waals surface area contributed by atoms with Crippen molar-refractivity contribution in [3.05, 3.63) is 35.4 Å². The summed E-state index contributed by atoms with van der Waals surface area (Å²) in [6, 6.07) is 7.61. The Kier molecular flexibility index (Phi) is 4.39. The van der Waals surface area contributed by atoms with Crippen LogP contribution in [0.5, 0.6) is 0 Å². The van der Waals surface area contributed by atoms with Crippen LogP contribution < -0.4 is 0 Å². The average Bonchev–Trinajstić information content (AvgIpc) is 2.86. The molecule has 124 valence electrons. The van der Waals surface area contributed by atoms with Gasteiger partial charge in [-0.15, -0.1) is 0 Å². The number of methoxy groups -OCH3 is 1. The maximum absolute atomic E-state index is 11.8. The quantitative estimate of drug-likeness (QED) is 0.801. The standard InChI is InChI=1S/C18H24N2O3/c1-19-16(21)7-8-18(19)9-11-20(12-10-18)13-14-3-5-15(6-4-14)17(22)23-2/h3-6H,7-13H2,1-2H3. The van der Waals surface area contributed by atoms with E-state index in [1.54, 1.807) is 0 Å². The number of nitrogens with zero attached hydrogens (tertiary/aromatic N) is 2. The van der Waals surface area contributed by atoms with Crippen LogP contribution in [0, 0.1) is 0 Å². The molecule has 23 heavy (non-hydrogen) atoms. The van der Waals surface area contributed by atoms with E-state index in [-0.39, 0.29) is 17.4 Å². The molecule has 2 aliphatic rings. The molecular weight excluding hydrogens is 292 g/mol. The van der Waals surface area contributed by atoms with Gasteiger partial charge in [0.25, 0.3) is 0 Å². The second-order valence-corrected chi connectivity index (χ2v) is 6.64. The van der Waals surface area contributed by atoms with Crippen molar-refractivity contribution in [3.8, 4) is 0 Å². The summed E-state index contributed by atoms with van der Waals surface area (Å²) in [5.74, 6) is -0.0118. The molecule has 1 amide bonds. The highest BCUT2D eigenvalue weighted by Gasteiger charge is 2.44. The van der Waals surface area contributed by atoms with Crippen molar-refractivity contribution in [1.29, 1.82) is 0 Å². The van der Waals surface area contributed by atoms with Crippen LogP contribution in [0.4, 0.5) is 0 Å². The van der Waals surface area contributed by atoms with E-state index in [2.05, 4.69) is 4.90 Å². The van der Waals surface area contributed by atoms with E-state index in [1.165, 1.54) is 12.7 Å². The Morgan fingerprint density at radius 2 is 1.83 bits per heavy atom. The molecule has 3 rings (SSSR count). The van der Waals surface area contributed by atoms with Gasteiger partial charge in [0.05, 0.1) is 12.7 Å². The Hall–Kier alpha value is -1.88. The van der Waals surface area contributed by atoms with Gasteiger partial charge in [-0.3, -0.25) is 9.69 Å². The number of esters is 1. The maximum Gasteiger partial charge on any atom is 0.337 e. The van der Waals surface area contributed by atoms with Crippen LogP contribution in [0.15, 0.2) is 24.3 Å². The smallest absolute Gasteiger partial charge is 0.337 e. The van der Waals surface area contributed by atoms with E-state index in [4.69, 9.17) is 4.74 Å². The van der Waals surface area contributed by atoms with Crippen LogP contribution in [0.1, 0.15) is 41.6 Å². The van der Waals surface area contributed by atoms with Crippen LogP contribution in [-0.4, -0.2) is 54.5 Å². The molecule has 0 atom stereocenters. The van der Waals surface area contributed by atoms with Crippen molar-refractivity contribution in [2.75, 3.05) is 27.2 Å². The van der Waals surface area contributed by atoms with Crippen molar-refractivity contribution in [1.82, 2.24) is 9.80 Å². The lowest BCUT2D eigenvalue weighted by Gasteiger charge is -2.43. The second kappa shape index (κ2) is 6.32. The fourth-order valence-electron chi connectivity index (χ4n) is 3.77. The number of piperidine rings is 1. The molecule has 5 nitrogen and oxygen atoms in total. The molecule has 0 unspecified atom stereocenters. The van der Waals surface area contributed by atoms with Gasteiger partial charge in [-0.2, -0.15) is 0 Å². The van der Waals surface area contributed by atoms with E-state index >= 15 is 0 Å². The highest BCUT2D eigenvalue weighted by Crippen LogP contribution is 2.38. The van der Waals surface area contributed by atoms with E-state index in [1.807, 2.05) is 36.2 Å². The zero-order valence-electron chi connectivity index (χ0n) is 13.9. The first kappa shape index (κ1) is 16.0. The third-order valence-electron chi connectivity index (χ3n) is 5.46. The number of hydrogen-bond donors (Lipinski definition) is 0. The number of likely N-dealkylation sites (tertiary alicyclic amines) is 2. The average molecular weight is 316 g/mol. The fourth-order valence-corrected chi connectivity index (χ4v) is 3.77. The first-order chi connectivity index (χ1) is 11.0. The van der Waals surface area contributed by atoms with Crippen LogP contribution in [0.2, 0.25) is 0 Å². The lowest BCUT2D eigenvalue weighted by molar-refractivity contribution is -0.130. The molecule has 2 heterocycles. The van der Waals surface area contributed by atoms with Crippen molar-refractivity contribution in [2.24, 2.45) is 0 Å². The number of benzene rings is 1. The van der Waals surface area contributed by atoms with Crippen molar-refractivity contribution in [2.45, 2.75) is 37.8 Å². The Morgan fingerprint density at radius 3 is 2.35 bits per heavy atom. The van der Waals surface area contributed by atoms with Crippen molar-refractivity contribution >= 4 is 11.9 Å². The molecule has 0 saturated carbocycles. The molecule has 2 saturated heterocycles. The Morgan fingerprint density at radius 1 is 1.17 bits per heavy atom. The summed E-state index contributed by atoms with van der Waals surface area (Å²) in [5, 5.41) is 0. The van der Waals surface area contributed by atoms with Gasteiger partial charge < -0.3 is 9.64 Å². The van der Waals surface area contributed by atoms with Gasteiger partial charge >= 0.3 is 5.97 Å². The molecule has 2 aliphatic heterocycles. The Balaban J connectivity index is 1.57. The second-order valence-electron chi connectivity index (χ2n) is 6.64. The van der Waals surface area contributed by atoms with Gasteiger partial charge in [0.2, 0.25) is 5.91 Å². The highest BCUT2D eigenvalue weighted by molar-refractivity contribution is 5.89. The summed E-state index contributed by atoms with van der Waals surface area (Å²) >= 11 is 0. The molecule has 5 heteroatoms. The summed E-state index contributed by atoms with van der Waals surface area (Å²) in [6.45, 7) is 2.90. The molecule has 1 spiro atoms. The summed E-state index contributed by atoms with van der Waals surface area (Å²) < 4.78 is 4.72. The summed E-state index contributed by atoms with van der Waals surface area (Å²) in [7, 11) is 3.35. The van der Waals surface area contributed by atoms with Gasteiger partial charge in [0, 0.05) is 38.6 Å². The number of amides is 1. The SMILES string of the molecule is COC(=O)c1ccc(CN2CCC3(CCC(=O)N3C)CC2)cc1. The Labute approximate surface area is 137 Å². The molecule has 0 radical (unpaired) electrons. The van der Waals surface area contributed by atoms with Gasteiger partial charge in [-0.25, -0.2) is 4.79 Å². The number of rotatable bonds is 3. The lowest BCUT2D eigenvalue weighted by atomic mass is 9.85. The first-order valence-electron chi connectivity index (χ1n) is 8.20. The van der Waals surface area contributed by atoms with Gasteiger partial charge in [0.15, 0.2) is 0 Å². The van der Waals surface area contributed by atoms with Gasteiger partial charge in [0.1, 0.15) is 0 Å². The summed E-state index contributed by atoms with van der Waals surface area (Å²) in [4.78, 5) is 27.7. The largest absolute Gasteiger partial charge is 0.465 e. The van der Waals surface area contributed by atoms with Crippen LogP contribution in [-0.2, 0) is 16.1 Å². The van der Waals surface area contributed by atoms with E-state index in [0.29, 0.717) is 12.0 Å². The maximum atomic E-state index is 11.8. The molecule has 2 fully saturated rings. The molecule has 1 aromatic carbocycles. The minimum absolute atomic E-state index is 0.0995. The zero-order chi connectivity index (χ0) is 16.4. The van der Waals surface area contributed by atoms with E-state index in [9.17, 15) is 9.59 Å². The zero-order valence-corrected chi connectivity index (χ0v) is 13.9. The van der Waals surface area contributed by atoms with Crippen LogP contribution >= 0.6 is 0 Å². The predicted octanol–water partition coefficient (Wildman–Crippen LogP) is 2.06. The minimum atomic E-state index is -0.301. The van der Waals surface area contributed by atoms with Crippen LogP contribution in [0.3, 0.4) is 0 Å². The molecule has 0 aliphatic carbocycles. The number of carbonyl (C=O) groups excluding carboxylic acids is 2. The monoisotopic (exact) mass is 316 g/mol. The number of ether oxygens (including phenoxy) is 1. The van der Waals surface area contributed by atoms with E-state index in [0.717, 1.165) is 38.9 Å². The highest BCUT2D eigenvalue weighted by atomic mass is 16.5. The third-order valence-corrected chi connectivity index (χ3v) is 5.46. The molecule has 0 aromatic heterocycles. The van der Waals surface area contributed by atoms with Crippen molar-refractivity contribution < 1.29 is 14.3 Å². The van der Waals surface area contributed by atoms with Gasteiger partial charge in [-0.05, 0) is 37.0 Å². The summed E-state index contributed by atoms with van der Waals surface area (Å²) in [6.07, 6.45) is 3.81. The topological polar surface area (TPSA) is 49.9 Å². The minimum Gasteiger partial charge on any atom is -0.465 e. The van der Waals surface area contributed by atoms with Crippen LogP contribution in [0.25, 0.3) is 0 Å². The number of carbonyl (C=O) groups is 2. The molecular formula is C18H24N2O3. The van der Waals surface area contributed by atoms with Crippen molar-refractivity contribution in [3.63, 3.8) is 0 Å². The third kappa shape index (κ3) is 3.11. The molecule has 1 aromatic rings. The predicted molar refractivity (Wildman–Crippen MR) is 87.0 cm³/mol. The normalized spacial score (nSPS) is 21.0. The molecule has 0 bridgehead atoms. The molecule has 0 N–H and O–H groups in total. The fraction of sp³-hybridized carbons (Fsp3) is 0.556. The summed E-state index contributed by atoms with van der Waals surface area (Å²) in [5.41, 5.74) is 1.88. The Bertz CT molecular complexity index is 589.